The Morgan fingerprint density at radius 3 is 2.74 bits per heavy atom. The number of aryl methyl sites for hydroxylation is 2. The van der Waals surface area contributed by atoms with Gasteiger partial charge in [-0.25, -0.2) is 14.6 Å². The number of carbonyl (C=O) groups is 2. The number of anilines is 1. The lowest BCUT2D eigenvalue weighted by Gasteiger charge is -2.32. The minimum atomic E-state index is -0.909. The number of hydrogen-bond donors (Lipinski definition) is 2. The van der Waals surface area contributed by atoms with Gasteiger partial charge in [0.1, 0.15) is 11.8 Å². The predicted molar refractivity (Wildman–Crippen MR) is 135 cm³/mol. The molecule has 2 N–H and O–H groups in total. The molecular formula is C25H32N6O3S. The average Bonchev–Trinajstić information content (AvgIpc) is 3.49. The van der Waals surface area contributed by atoms with Gasteiger partial charge in [-0.2, -0.15) is 5.10 Å². The zero-order valence-corrected chi connectivity index (χ0v) is 21.2. The van der Waals surface area contributed by atoms with Gasteiger partial charge in [-0.15, -0.1) is 11.3 Å². The van der Waals surface area contributed by atoms with Crippen molar-refractivity contribution in [1.82, 2.24) is 24.6 Å². The summed E-state index contributed by atoms with van der Waals surface area (Å²) in [5.41, 5.74) is 2.72. The monoisotopic (exact) mass is 496 g/mol. The van der Waals surface area contributed by atoms with Crippen LogP contribution in [0.15, 0.2) is 29.8 Å². The van der Waals surface area contributed by atoms with E-state index in [9.17, 15) is 14.7 Å². The minimum absolute atomic E-state index is 0.175. The summed E-state index contributed by atoms with van der Waals surface area (Å²) in [6, 6.07) is 5.52. The number of hydrogen-bond acceptors (Lipinski definition) is 7. The summed E-state index contributed by atoms with van der Waals surface area (Å²) in [6.45, 7) is 7.08. The van der Waals surface area contributed by atoms with Crippen LogP contribution in [-0.4, -0.2) is 60.8 Å². The highest BCUT2D eigenvalue weighted by molar-refractivity contribution is 7.10. The van der Waals surface area contributed by atoms with Crippen LogP contribution in [0.25, 0.3) is 5.82 Å². The molecule has 0 aliphatic carbocycles. The van der Waals surface area contributed by atoms with Crippen LogP contribution < -0.4 is 5.32 Å². The number of amides is 2. The summed E-state index contributed by atoms with van der Waals surface area (Å²) in [4.78, 5) is 36.2. The Hall–Kier alpha value is -3.11. The summed E-state index contributed by atoms with van der Waals surface area (Å²) in [5, 5.41) is 20.2. The first kappa shape index (κ1) is 25.0. The lowest BCUT2D eigenvalue weighted by molar-refractivity contribution is -0.141. The first-order valence-electron chi connectivity index (χ1n) is 12.1. The van der Waals surface area contributed by atoms with Gasteiger partial charge in [-0.1, -0.05) is 19.8 Å². The first-order chi connectivity index (χ1) is 16.9. The van der Waals surface area contributed by atoms with Crippen LogP contribution in [0.2, 0.25) is 0 Å². The predicted octanol–water partition coefficient (Wildman–Crippen LogP) is 3.85. The third kappa shape index (κ3) is 5.76. The molecule has 3 aromatic rings. The summed E-state index contributed by atoms with van der Waals surface area (Å²) in [5.74, 6) is 0.281. The maximum Gasteiger partial charge on any atom is 0.275 e. The van der Waals surface area contributed by atoms with Crippen LogP contribution in [0.3, 0.4) is 0 Å². The number of pyridine rings is 1. The fourth-order valence-corrected chi connectivity index (χ4v) is 5.32. The highest BCUT2D eigenvalue weighted by Crippen LogP contribution is 2.31. The molecule has 35 heavy (non-hydrogen) atoms. The second-order valence-electron chi connectivity index (χ2n) is 9.00. The highest BCUT2D eigenvalue weighted by atomic mass is 32.1. The van der Waals surface area contributed by atoms with E-state index >= 15 is 0 Å². The molecule has 4 rings (SSSR count). The number of thiazole rings is 1. The fourth-order valence-electron chi connectivity index (χ4n) is 4.35. The highest BCUT2D eigenvalue weighted by Gasteiger charge is 2.29. The van der Waals surface area contributed by atoms with Gasteiger partial charge in [-0.3, -0.25) is 9.59 Å². The van der Waals surface area contributed by atoms with E-state index in [2.05, 4.69) is 20.4 Å². The maximum atomic E-state index is 13.0. The van der Waals surface area contributed by atoms with Gasteiger partial charge < -0.3 is 15.3 Å². The van der Waals surface area contributed by atoms with E-state index in [4.69, 9.17) is 0 Å². The van der Waals surface area contributed by atoms with Crippen molar-refractivity contribution in [3.8, 4) is 5.82 Å². The largest absolute Gasteiger partial charge is 0.383 e. The van der Waals surface area contributed by atoms with E-state index in [0.29, 0.717) is 36.7 Å². The molecule has 1 aliphatic rings. The average molecular weight is 497 g/mol. The van der Waals surface area contributed by atoms with Crippen molar-refractivity contribution in [1.29, 1.82) is 0 Å². The molecule has 1 atom stereocenters. The number of aliphatic hydroxyl groups is 1. The molecule has 0 saturated carbocycles. The molecule has 1 unspecified atom stereocenters. The van der Waals surface area contributed by atoms with Crippen molar-refractivity contribution in [2.45, 2.75) is 64.9 Å². The minimum Gasteiger partial charge on any atom is -0.383 e. The van der Waals surface area contributed by atoms with Crippen LogP contribution in [0.5, 0.6) is 0 Å². The fraction of sp³-hybridized carbons (Fsp3) is 0.480. The topological polar surface area (TPSA) is 113 Å². The van der Waals surface area contributed by atoms with Gasteiger partial charge in [0.2, 0.25) is 0 Å². The molecule has 0 spiro atoms. The SMILES string of the molecule is CCCCC(O)C(=O)N1CCC(c2nc(C(=O)Nc3cccnc3-n3nc(C)cc3C)cs2)CC1. The van der Waals surface area contributed by atoms with Crippen molar-refractivity contribution in [3.63, 3.8) is 0 Å². The third-order valence-corrected chi connectivity index (χ3v) is 7.28. The van der Waals surface area contributed by atoms with E-state index in [-0.39, 0.29) is 17.7 Å². The Bertz CT molecular complexity index is 1180. The Kier molecular flexibility index (Phi) is 7.92. The van der Waals surface area contributed by atoms with Gasteiger partial charge in [-0.05, 0) is 51.3 Å². The van der Waals surface area contributed by atoms with Crippen LogP contribution in [0.4, 0.5) is 5.69 Å². The van der Waals surface area contributed by atoms with Crippen LogP contribution >= 0.6 is 11.3 Å². The first-order valence-corrected chi connectivity index (χ1v) is 13.0. The number of nitrogens with zero attached hydrogens (tertiary/aromatic N) is 5. The number of likely N-dealkylation sites (tertiary alicyclic amines) is 1. The molecule has 1 aliphatic heterocycles. The normalized spacial score (nSPS) is 15.3. The molecule has 4 heterocycles. The Balaban J connectivity index is 1.38. The summed E-state index contributed by atoms with van der Waals surface area (Å²) < 4.78 is 1.71. The van der Waals surface area contributed by atoms with Gasteiger partial charge in [0, 0.05) is 36.3 Å². The standard InChI is InChI=1S/C25H32N6O3S/c1-4-5-8-21(32)25(34)30-12-9-18(10-13-30)24-28-20(15-35-24)23(33)27-19-7-6-11-26-22(19)31-17(3)14-16(2)29-31/h6-7,11,14-15,18,21,32H,4-5,8-10,12-13H2,1-3H3,(H,27,33). The lowest BCUT2D eigenvalue weighted by atomic mass is 9.97. The second kappa shape index (κ2) is 11.1. The van der Waals surface area contributed by atoms with Gasteiger partial charge in [0.15, 0.2) is 5.82 Å². The van der Waals surface area contributed by atoms with E-state index in [1.54, 1.807) is 33.3 Å². The molecule has 186 valence electrons. The maximum absolute atomic E-state index is 13.0. The number of aromatic nitrogens is 4. The van der Waals surface area contributed by atoms with E-state index in [1.165, 1.54) is 11.3 Å². The van der Waals surface area contributed by atoms with Crippen LogP contribution in [0.1, 0.15) is 71.8 Å². The summed E-state index contributed by atoms with van der Waals surface area (Å²) >= 11 is 1.47. The Morgan fingerprint density at radius 1 is 1.29 bits per heavy atom. The number of piperidine rings is 1. The molecule has 1 saturated heterocycles. The van der Waals surface area contributed by atoms with Crippen molar-refractivity contribution < 1.29 is 14.7 Å². The van der Waals surface area contributed by atoms with Gasteiger partial charge >= 0.3 is 0 Å². The van der Waals surface area contributed by atoms with Crippen molar-refractivity contribution in [2.24, 2.45) is 0 Å². The second-order valence-corrected chi connectivity index (χ2v) is 9.89. The Labute approximate surface area is 209 Å². The molecule has 0 bridgehead atoms. The Morgan fingerprint density at radius 2 is 2.06 bits per heavy atom. The molecule has 9 nitrogen and oxygen atoms in total. The molecule has 0 aromatic carbocycles. The van der Waals surface area contributed by atoms with Gasteiger partial charge in [0.25, 0.3) is 11.8 Å². The van der Waals surface area contributed by atoms with E-state index in [0.717, 1.165) is 42.1 Å². The van der Waals surface area contributed by atoms with E-state index in [1.807, 2.05) is 26.8 Å². The number of rotatable bonds is 8. The number of nitrogens with one attached hydrogen (secondary N) is 1. The van der Waals surface area contributed by atoms with Crippen LogP contribution in [0, 0.1) is 13.8 Å². The zero-order valence-electron chi connectivity index (χ0n) is 20.4. The molecular weight excluding hydrogens is 464 g/mol. The summed E-state index contributed by atoms with van der Waals surface area (Å²) in [6.07, 6.45) is 4.61. The molecule has 0 radical (unpaired) electrons. The lowest BCUT2D eigenvalue weighted by Crippen LogP contribution is -2.43. The number of carbonyl (C=O) groups excluding carboxylic acids is 2. The van der Waals surface area contributed by atoms with Crippen molar-refractivity contribution in [2.75, 3.05) is 18.4 Å². The van der Waals surface area contributed by atoms with E-state index < -0.39 is 6.10 Å². The quantitative estimate of drug-likeness (QED) is 0.490. The molecule has 1 fully saturated rings. The third-order valence-electron chi connectivity index (χ3n) is 6.27. The van der Waals surface area contributed by atoms with Crippen molar-refractivity contribution in [3.05, 3.63) is 51.9 Å². The van der Waals surface area contributed by atoms with Crippen molar-refractivity contribution >= 4 is 28.8 Å². The van der Waals surface area contributed by atoms with Crippen LogP contribution in [-0.2, 0) is 4.79 Å². The number of unbranched alkanes of at least 4 members (excludes halogenated alkanes) is 1. The number of aliphatic hydroxyl groups excluding tert-OH is 1. The zero-order chi connectivity index (χ0) is 24.9. The molecule has 2 amide bonds. The van der Waals surface area contributed by atoms with Gasteiger partial charge in [0.05, 0.1) is 16.4 Å². The molecule has 3 aromatic heterocycles. The smallest absolute Gasteiger partial charge is 0.275 e. The molecule has 10 heteroatoms. The summed E-state index contributed by atoms with van der Waals surface area (Å²) in [7, 11) is 0.